The molecule has 1 heterocycles. The van der Waals surface area contributed by atoms with E-state index < -0.39 is 0 Å². The summed E-state index contributed by atoms with van der Waals surface area (Å²) in [6.45, 7) is 0. The van der Waals surface area contributed by atoms with E-state index in [1.54, 1.807) is 0 Å². The number of rotatable bonds is 0. The number of carbonyl (C=O) groups excluding carboxylic acids is 1. The highest BCUT2D eigenvalue weighted by atomic mass is 127. The number of fused-ring (bicyclic) bond motifs is 1. The maximum Gasteiger partial charge on any atom is 0.226 e. The molecule has 16 heavy (non-hydrogen) atoms. The molecule has 0 atom stereocenters. The topological polar surface area (TPSA) is 41.1 Å². The fourth-order valence-electron chi connectivity index (χ4n) is 2.47. The van der Waals surface area contributed by atoms with Crippen LogP contribution < -0.4 is 10.6 Å². The second-order valence-electron chi connectivity index (χ2n) is 4.67. The van der Waals surface area contributed by atoms with Crippen LogP contribution in [0.15, 0.2) is 18.2 Å². The van der Waals surface area contributed by atoms with Gasteiger partial charge in [-0.15, -0.1) is 0 Å². The molecule has 3 nitrogen and oxygen atoms in total. The normalized spacial score (nSPS) is 21.4. The minimum Gasteiger partial charge on any atom is -0.377 e. The van der Waals surface area contributed by atoms with Crippen molar-refractivity contribution in [3.8, 4) is 0 Å². The minimum absolute atomic E-state index is 0.0299. The second kappa shape index (κ2) is 3.61. The van der Waals surface area contributed by atoms with Crippen molar-refractivity contribution in [1.29, 1.82) is 0 Å². The Labute approximate surface area is 108 Å². The number of hydrogen-bond donors (Lipinski definition) is 2. The van der Waals surface area contributed by atoms with Gasteiger partial charge in [0.05, 0.1) is 11.4 Å². The van der Waals surface area contributed by atoms with Crippen molar-refractivity contribution >= 4 is 39.9 Å². The molecule has 1 saturated carbocycles. The Morgan fingerprint density at radius 2 is 2.06 bits per heavy atom. The van der Waals surface area contributed by atoms with Gasteiger partial charge in [-0.2, -0.15) is 0 Å². The molecule has 1 aromatic carbocycles. The van der Waals surface area contributed by atoms with Crippen molar-refractivity contribution in [2.75, 3.05) is 10.6 Å². The molecule has 1 fully saturated rings. The standard InChI is InChI=1S/C12H13IN2O/c13-8-2-3-9-10(6-8)14-11(16)7-12(15-9)4-1-5-12/h2-3,6,15H,1,4-5,7H2,(H,14,16). The Balaban J connectivity index is 2.01. The Bertz CT molecular complexity index is 454. The van der Waals surface area contributed by atoms with E-state index in [4.69, 9.17) is 0 Å². The number of amides is 1. The summed E-state index contributed by atoms with van der Waals surface area (Å²) < 4.78 is 1.14. The van der Waals surface area contributed by atoms with Gasteiger partial charge in [-0.3, -0.25) is 4.79 Å². The number of halogens is 1. The lowest BCUT2D eigenvalue weighted by Crippen LogP contribution is -2.46. The fourth-order valence-corrected chi connectivity index (χ4v) is 2.96. The van der Waals surface area contributed by atoms with Crippen LogP contribution in [0.25, 0.3) is 0 Å². The molecular weight excluding hydrogens is 315 g/mol. The Morgan fingerprint density at radius 3 is 2.75 bits per heavy atom. The van der Waals surface area contributed by atoms with Gasteiger partial charge in [0.1, 0.15) is 0 Å². The van der Waals surface area contributed by atoms with E-state index in [0.29, 0.717) is 6.42 Å². The zero-order valence-electron chi connectivity index (χ0n) is 8.85. The number of nitrogens with one attached hydrogen (secondary N) is 2. The van der Waals surface area contributed by atoms with Crippen molar-refractivity contribution < 1.29 is 4.79 Å². The quantitative estimate of drug-likeness (QED) is 0.719. The summed E-state index contributed by atoms with van der Waals surface area (Å²) in [5.41, 5.74) is 2.01. The van der Waals surface area contributed by atoms with Crippen molar-refractivity contribution in [3.63, 3.8) is 0 Å². The molecule has 0 radical (unpaired) electrons. The predicted octanol–water partition coefficient (Wildman–Crippen LogP) is 2.97. The highest BCUT2D eigenvalue weighted by Gasteiger charge is 2.40. The van der Waals surface area contributed by atoms with Crippen LogP contribution in [0.3, 0.4) is 0 Å². The molecule has 1 aromatic rings. The lowest BCUT2D eigenvalue weighted by atomic mass is 9.74. The van der Waals surface area contributed by atoms with Crippen molar-refractivity contribution in [1.82, 2.24) is 0 Å². The molecule has 0 bridgehead atoms. The van der Waals surface area contributed by atoms with Crippen LogP contribution in [-0.4, -0.2) is 11.4 Å². The first kappa shape index (κ1) is 10.4. The molecule has 84 valence electrons. The molecule has 1 spiro atoms. The first-order valence-corrected chi connectivity index (χ1v) is 6.62. The van der Waals surface area contributed by atoms with Crippen LogP contribution >= 0.6 is 22.6 Å². The first-order chi connectivity index (χ1) is 7.67. The van der Waals surface area contributed by atoms with Crippen molar-refractivity contribution in [2.45, 2.75) is 31.2 Å². The van der Waals surface area contributed by atoms with Crippen LogP contribution in [0.5, 0.6) is 0 Å². The van der Waals surface area contributed by atoms with Crippen LogP contribution in [0.1, 0.15) is 25.7 Å². The average molecular weight is 328 g/mol. The Kier molecular flexibility index (Phi) is 2.34. The second-order valence-corrected chi connectivity index (χ2v) is 5.92. The molecule has 3 rings (SSSR count). The van der Waals surface area contributed by atoms with Crippen LogP contribution in [0.2, 0.25) is 0 Å². The monoisotopic (exact) mass is 328 g/mol. The summed E-state index contributed by atoms with van der Waals surface area (Å²) in [7, 11) is 0. The van der Waals surface area contributed by atoms with Crippen LogP contribution in [0.4, 0.5) is 11.4 Å². The molecule has 0 aromatic heterocycles. The zero-order chi connectivity index (χ0) is 11.2. The lowest BCUT2D eigenvalue weighted by Gasteiger charge is -2.41. The Hall–Kier alpha value is -0.780. The van der Waals surface area contributed by atoms with Gasteiger partial charge in [0.2, 0.25) is 5.91 Å². The van der Waals surface area contributed by atoms with Gasteiger partial charge < -0.3 is 10.6 Å². The van der Waals surface area contributed by atoms with Gasteiger partial charge in [0, 0.05) is 15.5 Å². The molecule has 1 amide bonds. The minimum atomic E-state index is 0.0299. The fraction of sp³-hybridized carbons (Fsp3) is 0.417. The average Bonchev–Trinajstić information content (AvgIpc) is 2.32. The number of benzene rings is 1. The summed E-state index contributed by atoms with van der Waals surface area (Å²) in [5, 5.41) is 6.52. The van der Waals surface area contributed by atoms with Crippen LogP contribution in [0, 0.1) is 3.57 Å². The van der Waals surface area contributed by atoms with Crippen molar-refractivity contribution in [2.24, 2.45) is 0 Å². The molecule has 4 heteroatoms. The van der Waals surface area contributed by atoms with E-state index in [1.807, 2.05) is 6.07 Å². The highest BCUT2D eigenvalue weighted by molar-refractivity contribution is 14.1. The molecule has 0 unspecified atom stereocenters. The summed E-state index contributed by atoms with van der Waals surface area (Å²) in [6.07, 6.45) is 4.02. The van der Waals surface area contributed by atoms with E-state index in [0.717, 1.165) is 27.8 Å². The smallest absolute Gasteiger partial charge is 0.226 e. The largest absolute Gasteiger partial charge is 0.377 e. The lowest BCUT2D eigenvalue weighted by molar-refractivity contribution is -0.117. The number of carbonyl (C=O) groups is 1. The highest BCUT2D eigenvalue weighted by Crippen LogP contribution is 2.42. The third kappa shape index (κ3) is 1.69. The van der Waals surface area contributed by atoms with Gasteiger partial charge in [-0.25, -0.2) is 0 Å². The predicted molar refractivity (Wildman–Crippen MR) is 72.6 cm³/mol. The van der Waals surface area contributed by atoms with Crippen LogP contribution in [-0.2, 0) is 4.79 Å². The van der Waals surface area contributed by atoms with E-state index in [-0.39, 0.29) is 11.4 Å². The third-order valence-electron chi connectivity index (χ3n) is 3.47. The zero-order valence-corrected chi connectivity index (χ0v) is 11.0. The van der Waals surface area contributed by atoms with Gasteiger partial charge >= 0.3 is 0 Å². The molecule has 2 N–H and O–H groups in total. The summed E-state index contributed by atoms with van der Waals surface area (Å²) in [4.78, 5) is 11.8. The number of hydrogen-bond acceptors (Lipinski definition) is 2. The first-order valence-electron chi connectivity index (χ1n) is 5.55. The third-order valence-corrected chi connectivity index (χ3v) is 4.14. The molecule has 1 aliphatic carbocycles. The van der Waals surface area contributed by atoms with Gasteiger partial charge in [-0.1, -0.05) is 0 Å². The molecule has 2 aliphatic rings. The number of anilines is 2. The van der Waals surface area contributed by atoms with E-state index in [2.05, 4.69) is 45.4 Å². The van der Waals surface area contributed by atoms with E-state index in [1.165, 1.54) is 6.42 Å². The summed E-state index contributed by atoms with van der Waals surface area (Å²) >= 11 is 2.26. The maximum absolute atomic E-state index is 11.8. The van der Waals surface area contributed by atoms with Gasteiger partial charge in [0.15, 0.2) is 0 Å². The molecule has 0 saturated heterocycles. The molecule has 1 aliphatic heterocycles. The molecular formula is C12H13IN2O. The Morgan fingerprint density at radius 1 is 1.25 bits per heavy atom. The van der Waals surface area contributed by atoms with E-state index in [9.17, 15) is 4.79 Å². The van der Waals surface area contributed by atoms with Crippen molar-refractivity contribution in [3.05, 3.63) is 21.8 Å². The summed E-state index contributed by atoms with van der Waals surface area (Å²) in [5.74, 6) is 0.132. The maximum atomic E-state index is 11.8. The van der Waals surface area contributed by atoms with E-state index >= 15 is 0 Å². The summed E-state index contributed by atoms with van der Waals surface area (Å²) in [6, 6.07) is 6.14. The SMILES string of the molecule is O=C1CC2(CCC2)Nc2ccc(I)cc2N1. The van der Waals surface area contributed by atoms with Gasteiger partial charge in [0.25, 0.3) is 0 Å². The van der Waals surface area contributed by atoms with Gasteiger partial charge in [-0.05, 0) is 60.1 Å².